The molecule has 94 valence electrons. The molecule has 6 heteroatoms. The fourth-order valence-corrected chi connectivity index (χ4v) is 2.45. The molecule has 2 heterocycles. The smallest absolute Gasteiger partial charge is 0.326 e. The van der Waals surface area contributed by atoms with E-state index < -0.39 is 12.0 Å². The predicted octanol–water partition coefficient (Wildman–Crippen LogP) is -0.316. The van der Waals surface area contributed by atoms with E-state index in [1.165, 1.54) is 9.80 Å². The van der Waals surface area contributed by atoms with Crippen LogP contribution in [0.25, 0.3) is 0 Å². The van der Waals surface area contributed by atoms with Crippen LogP contribution < -0.4 is 0 Å². The molecular weight excluding hydrogens is 224 g/mol. The zero-order chi connectivity index (χ0) is 12.4. The number of carboxylic acid groups (broad SMARTS) is 1. The van der Waals surface area contributed by atoms with Gasteiger partial charge in [-0.3, -0.25) is 9.59 Å². The van der Waals surface area contributed by atoms with Crippen molar-refractivity contribution in [3.63, 3.8) is 0 Å². The Labute approximate surface area is 99.2 Å². The van der Waals surface area contributed by atoms with Crippen LogP contribution in [0.2, 0.25) is 0 Å². The summed E-state index contributed by atoms with van der Waals surface area (Å²) >= 11 is 0. The lowest BCUT2D eigenvalue weighted by atomic mass is 10.2. The highest BCUT2D eigenvalue weighted by molar-refractivity contribution is 5.89. The van der Waals surface area contributed by atoms with Crippen molar-refractivity contribution >= 4 is 17.8 Å². The van der Waals surface area contributed by atoms with E-state index in [9.17, 15) is 14.4 Å². The summed E-state index contributed by atoms with van der Waals surface area (Å²) < 4.78 is 0. The van der Waals surface area contributed by atoms with E-state index in [-0.39, 0.29) is 18.4 Å². The maximum atomic E-state index is 11.9. The third kappa shape index (κ3) is 2.40. The van der Waals surface area contributed by atoms with Gasteiger partial charge in [0.1, 0.15) is 6.04 Å². The molecule has 0 radical (unpaired) electrons. The first-order valence-electron chi connectivity index (χ1n) is 5.89. The number of nitrogens with zero attached hydrogens (tertiary/aromatic N) is 2. The third-order valence-electron chi connectivity index (χ3n) is 3.36. The lowest BCUT2D eigenvalue weighted by Gasteiger charge is -2.24. The molecule has 2 aliphatic rings. The first kappa shape index (κ1) is 11.9. The SMILES string of the molecule is O=C(O)C1CCCN1C(=O)CN1CCCC1=O. The molecule has 1 atom stereocenters. The normalized spacial score (nSPS) is 24.5. The van der Waals surface area contributed by atoms with Gasteiger partial charge in [0.2, 0.25) is 11.8 Å². The summed E-state index contributed by atoms with van der Waals surface area (Å²) in [5.41, 5.74) is 0. The Hall–Kier alpha value is -1.59. The van der Waals surface area contributed by atoms with E-state index in [1.54, 1.807) is 0 Å². The maximum Gasteiger partial charge on any atom is 0.326 e. The topological polar surface area (TPSA) is 77.9 Å². The van der Waals surface area contributed by atoms with Gasteiger partial charge < -0.3 is 14.9 Å². The van der Waals surface area contributed by atoms with Crippen LogP contribution in [0.4, 0.5) is 0 Å². The number of carboxylic acids is 1. The van der Waals surface area contributed by atoms with Crippen molar-refractivity contribution in [2.24, 2.45) is 0 Å². The van der Waals surface area contributed by atoms with Crippen LogP contribution in [-0.4, -0.2) is 58.4 Å². The van der Waals surface area contributed by atoms with Crippen molar-refractivity contribution < 1.29 is 19.5 Å². The summed E-state index contributed by atoms with van der Waals surface area (Å²) in [6.45, 7) is 1.12. The van der Waals surface area contributed by atoms with E-state index in [1.807, 2.05) is 0 Å². The van der Waals surface area contributed by atoms with Crippen molar-refractivity contribution in [2.45, 2.75) is 31.7 Å². The van der Waals surface area contributed by atoms with Crippen molar-refractivity contribution in [2.75, 3.05) is 19.6 Å². The number of hydrogen-bond acceptors (Lipinski definition) is 3. The van der Waals surface area contributed by atoms with Crippen molar-refractivity contribution in [3.05, 3.63) is 0 Å². The molecule has 0 aromatic heterocycles. The third-order valence-corrected chi connectivity index (χ3v) is 3.36. The summed E-state index contributed by atoms with van der Waals surface area (Å²) in [7, 11) is 0. The molecule has 0 spiro atoms. The van der Waals surface area contributed by atoms with Crippen molar-refractivity contribution in [1.82, 2.24) is 9.80 Å². The summed E-state index contributed by atoms with van der Waals surface area (Å²) in [6, 6.07) is -0.708. The molecule has 0 saturated carbocycles. The van der Waals surface area contributed by atoms with Gasteiger partial charge >= 0.3 is 5.97 Å². The van der Waals surface area contributed by atoms with Gasteiger partial charge in [-0.05, 0) is 19.3 Å². The largest absolute Gasteiger partial charge is 0.480 e. The highest BCUT2D eigenvalue weighted by Gasteiger charge is 2.35. The van der Waals surface area contributed by atoms with Crippen LogP contribution in [0, 0.1) is 0 Å². The highest BCUT2D eigenvalue weighted by Crippen LogP contribution is 2.18. The second kappa shape index (κ2) is 4.73. The van der Waals surface area contributed by atoms with Crippen LogP contribution >= 0.6 is 0 Å². The first-order chi connectivity index (χ1) is 8.09. The van der Waals surface area contributed by atoms with Gasteiger partial charge in [0, 0.05) is 19.5 Å². The monoisotopic (exact) mass is 240 g/mol. The van der Waals surface area contributed by atoms with Gasteiger partial charge in [-0.1, -0.05) is 0 Å². The molecule has 0 aromatic carbocycles. The fourth-order valence-electron chi connectivity index (χ4n) is 2.45. The zero-order valence-electron chi connectivity index (χ0n) is 9.59. The summed E-state index contributed by atoms with van der Waals surface area (Å²) in [5.74, 6) is -1.21. The number of likely N-dealkylation sites (tertiary alicyclic amines) is 2. The molecule has 0 aromatic rings. The molecular formula is C11H16N2O4. The number of rotatable bonds is 3. The van der Waals surface area contributed by atoms with E-state index >= 15 is 0 Å². The molecule has 2 saturated heterocycles. The Balaban J connectivity index is 1.95. The van der Waals surface area contributed by atoms with Crippen LogP contribution in [0.5, 0.6) is 0 Å². The number of amides is 2. The number of carbonyl (C=O) groups excluding carboxylic acids is 2. The molecule has 17 heavy (non-hydrogen) atoms. The Morgan fingerprint density at radius 1 is 1.29 bits per heavy atom. The summed E-state index contributed by atoms with van der Waals surface area (Å²) in [5, 5.41) is 8.97. The lowest BCUT2D eigenvalue weighted by molar-refractivity contribution is -0.149. The van der Waals surface area contributed by atoms with E-state index in [0.29, 0.717) is 25.9 Å². The Kier molecular flexibility index (Phi) is 3.31. The molecule has 0 aliphatic carbocycles. The van der Waals surface area contributed by atoms with Gasteiger partial charge in [0.05, 0.1) is 6.54 Å². The molecule has 2 aliphatic heterocycles. The second-order valence-corrected chi connectivity index (χ2v) is 4.50. The predicted molar refractivity (Wildman–Crippen MR) is 58.2 cm³/mol. The standard InChI is InChI=1S/C11H16N2O4/c14-9-4-2-5-12(9)7-10(15)13-6-1-3-8(13)11(16)17/h8H,1-7H2,(H,16,17). The molecule has 1 unspecified atom stereocenters. The van der Waals surface area contributed by atoms with Gasteiger partial charge in [-0.2, -0.15) is 0 Å². The Morgan fingerprint density at radius 3 is 2.65 bits per heavy atom. The van der Waals surface area contributed by atoms with Crippen molar-refractivity contribution in [1.29, 1.82) is 0 Å². The van der Waals surface area contributed by atoms with Crippen LogP contribution in [0.1, 0.15) is 25.7 Å². The Morgan fingerprint density at radius 2 is 2.06 bits per heavy atom. The van der Waals surface area contributed by atoms with E-state index in [0.717, 1.165) is 12.8 Å². The average Bonchev–Trinajstić information content (AvgIpc) is 2.87. The minimum atomic E-state index is -0.955. The average molecular weight is 240 g/mol. The lowest BCUT2D eigenvalue weighted by Crippen LogP contribution is -2.45. The van der Waals surface area contributed by atoms with Gasteiger partial charge in [0.25, 0.3) is 0 Å². The molecule has 1 N–H and O–H groups in total. The first-order valence-corrected chi connectivity index (χ1v) is 5.89. The van der Waals surface area contributed by atoms with Gasteiger partial charge in [0.15, 0.2) is 0 Å². The molecule has 2 rings (SSSR count). The van der Waals surface area contributed by atoms with Crippen LogP contribution in [-0.2, 0) is 14.4 Å². The summed E-state index contributed by atoms with van der Waals surface area (Å²) in [4.78, 5) is 37.1. The number of carbonyl (C=O) groups is 3. The fraction of sp³-hybridized carbons (Fsp3) is 0.727. The molecule has 0 bridgehead atoms. The minimum absolute atomic E-state index is 0.00979. The van der Waals surface area contributed by atoms with Gasteiger partial charge in [-0.25, -0.2) is 4.79 Å². The zero-order valence-corrected chi connectivity index (χ0v) is 9.59. The summed E-state index contributed by atoms with van der Waals surface area (Å²) in [6.07, 6.45) is 2.51. The molecule has 2 amide bonds. The van der Waals surface area contributed by atoms with Crippen LogP contribution in [0.15, 0.2) is 0 Å². The quantitative estimate of drug-likeness (QED) is 0.733. The van der Waals surface area contributed by atoms with E-state index in [4.69, 9.17) is 5.11 Å². The van der Waals surface area contributed by atoms with Crippen LogP contribution in [0.3, 0.4) is 0 Å². The van der Waals surface area contributed by atoms with E-state index in [2.05, 4.69) is 0 Å². The minimum Gasteiger partial charge on any atom is -0.480 e. The maximum absolute atomic E-state index is 11.9. The second-order valence-electron chi connectivity index (χ2n) is 4.50. The highest BCUT2D eigenvalue weighted by atomic mass is 16.4. The van der Waals surface area contributed by atoms with Gasteiger partial charge in [-0.15, -0.1) is 0 Å². The molecule has 2 fully saturated rings. The Bertz CT molecular complexity index is 355. The molecule has 6 nitrogen and oxygen atoms in total. The number of aliphatic carboxylic acids is 1. The number of hydrogen-bond donors (Lipinski definition) is 1. The van der Waals surface area contributed by atoms with Crippen molar-refractivity contribution in [3.8, 4) is 0 Å².